The minimum Gasteiger partial charge on any atom is -0.399 e. The molecular formula is C21H29N7. The number of nitrogens with zero attached hydrogens (tertiary/aromatic N) is 4. The summed E-state index contributed by atoms with van der Waals surface area (Å²) in [4.78, 5) is 11.8. The van der Waals surface area contributed by atoms with Crippen LogP contribution in [0.2, 0.25) is 0 Å². The molecule has 1 saturated heterocycles. The summed E-state index contributed by atoms with van der Waals surface area (Å²) < 4.78 is 0. The number of nitrogens with one attached hydrogen (secondary N) is 2. The first kappa shape index (κ1) is 19.9. The van der Waals surface area contributed by atoms with E-state index in [9.17, 15) is 5.26 Å². The van der Waals surface area contributed by atoms with Gasteiger partial charge in [0, 0.05) is 42.3 Å². The maximum absolute atomic E-state index is 9.17. The molecule has 0 spiro atoms. The second-order valence-electron chi connectivity index (χ2n) is 7.21. The van der Waals surface area contributed by atoms with Crippen LogP contribution in [0.15, 0.2) is 24.3 Å². The number of likely N-dealkylation sites (N-methyl/N-ethyl adjacent to an activating group) is 1. The SMILES string of the molecule is CCCCc1cc(N2CC[C@H](NCC)C2)nc(Nc2cc(N)cc(C#N)c2)n1. The molecule has 1 aromatic heterocycles. The van der Waals surface area contributed by atoms with Gasteiger partial charge in [-0.1, -0.05) is 20.3 Å². The molecule has 1 atom stereocenters. The number of rotatable bonds is 8. The van der Waals surface area contributed by atoms with Crippen LogP contribution in [0.3, 0.4) is 0 Å². The van der Waals surface area contributed by atoms with E-state index in [0.717, 1.165) is 62.5 Å². The van der Waals surface area contributed by atoms with Crippen LogP contribution in [-0.2, 0) is 6.42 Å². The number of unbranched alkanes of at least 4 members (excludes halogenated alkanes) is 1. The Morgan fingerprint density at radius 3 is 2.86 bits per heavy atom. The van der Waals surface area contributed by atoms with Crippen molar-refractivity contribution in [1.82, 2.24) is 15.3 Å². The molecule has 148 valence electrons. The third kappa shape index (κ3) is 5.11. The largest absolute Gasteiger partial charge is 0.399 e. The molecule has 7 nitrogen and oxygen atoms in total. The van der Waals surface area contributed by atoms with Crippen LogP contribution in [-0.4, -0.2) is 35.6 Å². The molecular weight excluding hydrogens is 350 g/mol. The van der Waals surface area contributed by atoms with Gasteiger partial charge < -0.3 is 21.3 Å². The zero-order chi connectivity index (χ0) is 19.9. The number of anilines is 4. The number of hydrogen-bond donors (Lipinski definition) is 3. The lowest BCUT2D eigenvalue weighted by atomic mass is 10.2. The predicted molar refractivity (Wildman–Crippen MR) is 114 cm³/mol. The number of nitrogen functional groups attached to an aromatic ring is 1. The number of aromatic nitrogens is 2. The van der Waals surface area contributed by atoms with Crippen LogP contribution in [0.5, 0.6) is 0 Å². The summed E-state index contributed by atoms with van der Waals surface area (Å²) >= 11 is 0. The molecule has 0 saturated carbocycles. The minimum absolute atomic E-state index is 0.502. The molecule has 1 aliphatic rings. The van der Waals surface area contributed by atoms with E-state index in [2.05, 4.69) is 46.5 Å². The summed E-state index contributed by atoms with van der Waals surface area (Å²) in [7, 11) is 0. The van der Waals surface area contributed by atoms with Gasteiger partial charge in [-0.15, -0.1) is 0 Å². The number of aryl methyl sites for hydroxylation is 1. The molecule has 1 aromatic carbocycles. The van der Waals surface area contributed by atoms with E-state index in [4.69, 9.17) is 10.7 Å². The minimum atomic E-state index is 0.502. The summed E-state index contributed by atoms with van der Waals surface area (Å²) in [6.45, 7) is 7.23. The third-order valence-electron chi connectivity index (χ3n) is 4.90. The summed E-state index contributed by atoms with van der Waals surface area (Å²) in [5, 5.41) is 15.9. The van der Waals surface area contributed by atoms with Gasteiger partial charge in [0.05, 0.1) is 11.6 Å². The van der Waals surface area contributed by atoms with E-state index in [1.807, 2.05) is 0 Å². The lowest BCUT2D eigenvalue weighted by Gasteiger charge is -2.20. The molecule has 28 heavy (non-hydrogen) atoms. The molecule has 0 aliphatic carbocycles. The summed E-state index contributed by atoms with van der Waals surface area (Å²) in [6, 6.07) is 9.94. The van der Waals surface area contributed by atoms with Gasteiger partial charge in [0.2, 0.25) is 5.95 Å². The van der Waals surface area contributed by atoms with E-state index in [1.165, 1.54) is 0 Å². The molecule has 0 radical (unpaired) electrons. The van der Waals surface area contributed by atoms with Crippen molar-refractivity contribution in [2.45, 2.75) is 45.6 Å². The number of hydrogen-bond acceptors (Lipinski definition) is 7. The average Bonchev–Trinajstić information content (AvgIpc) is 3.15. The fourth-order valence-electron chi connectivity index (χ4n) is 3.53. The van der Waals surface area contributed by atoms with Gasteiger partial charge in [0.1, 0.15) is 5.82 Å². The van der Waals surface area contributed by atoms with Gasteiger partial charge in [-0.2, -0.15) is 10.2 Å². The van der Waals surface area contributed by atoms with Crippen molar-refractivity contribution in [3.8, 4) is 6.07 Å². The van der Waals surface area contributed by atoms with Gasteiger partial charge in [-0.25, -0.2) is 4.98 Å². The predicted octanol–water partition coefficient (Wildman–Crippen LogP) is 3.20. The van der Waals surface area contributed by atoms with Crippen LogP contribution in [0.1, 0.15) is 44.4 Å². The normalized spacial score (nSPS) is 16.2. The van der Waals surface area contributed by atoms with E-state index >= 15 is 0 Å². The lowest BCUT2D eigenvalue weighted by Crippen LogP contribution is -2.32. The Balaban J connectivity index is 1.86. The quantitative estimate of drug-likeness (QED) is 0.605. The number of benzene rings is 1. The van der Waals surface area contributed by atoms with Gasteiger partial charge in [-0.05, 0) is 44.0 Å². The Labute approximate surface area is 167 Å². The number of nitrogens with two attached hydrogens (primary N) is 1. The maximum atomic E-state index is 9.17. The van der Waals surface area contributed by atoms with Crippen molar-refractivity contribution in [2.24, 2.45) is 0 Å². The summed E-state index contributed by atoms with van der Waals surface area (Å²) in [6.07, 6.45) is 4.25. The highest BCUT2D eigenvalue weighted by molar-refractivity contribution is 5.64. The van der Waals surface area contributed by atoms with Crippen molar-refractivity contribution in [1.29, 1.82) is 5.26 Å². The van der Waals surface area contributed by atoms with Crippen molar-refractivity contribution >= 4 is 23.1 Å². The second kappa shape index (κ2) is 9.38. The first-order valence-corrected chi connectivity index (χ1v) is 10.0. The van der Waals surface area contributed by atoms with Crippen LogP contribution in [0, 0.1) is 11.3 Å². The van der Waals surface area contributed by atoms with Gasteiger partial charge in [0.15, 0.2) is 0 Å². The standard InChI is InChI=1S/C21H29N7/c1-3-5-6-17-12-20(28-8-7-18(14-28)24-4-2)27-21(25-17)26-19-10-15(13-22)9-16(23)11-19/h9-12,18,24H,3-8,14,23H2,1-2H3,(H,25,26,27)/t18-/m0/s1. The Morgan fingerprint density at radius 2 is 2.11 bits per heavy atom. The topological polar surface area (TPSA) is 103 Å². The van der Waals surface area contributed by atoms with Crippen molar-refractivity contribution < 1.29 is 0 Å². The van der Waals surface area contributed by atoms with Crippen LogP contribution in [0.4, 0.5) is 23.1 Å². The molecule has 4 N–H and O–H groups in total. The van der Waals surface area contributed by atoms with Crippen LogP contribution in [0.25, 0.3) is 0 Å². The third-order valence-corrected chi connectivity index (χ3v) is 4.90. The zero-order valence-corrected chi connectivity index (χ0v) is 16.7. The molecule has 0 bridgehead atoms. The van der Waals surface area contributed by atoms with Crippen LogP contribution >= 0.6 is 0 Å². The highest BCUT2D eigenvalue weighted by atomic mass is 15.3. The molecule has 2 heterocycles. The van der Waals surface area contributed by atoms with Gasteiger partial charge >= 0.3 is 0 Å². The van der Waals surface area contributed by atoms with Crippen molar-refractivity contribution in [2.75, 3.05) is 35.6 Å². The monoisotopic (exact) mass is 379 g/mol. The van der Waals surface area contributed by atoms with Crippen molar-refractivity contribution in [3.63, 3.8) is 0 Å². The summed E-state index contributed by atoms with van der Waals surface area (Å²) in [5.41, 5.74) is 8.72. The Morgan fingerprint density at radius 1 is 1.25 bits per heavy atom. The summed E-state index contributed by atoms with van der Waals surface area (Å²) in [5.74, 6) is 1.50. The first-order chi connectivity index (χ1) is 13.6. The molecule has 1 aliphatic heterocycles. The van der Waals surface area contributed by atoms with Gasteiger partial charge in [0.25, 0.3) is 0 Å². The smallest absolute Gasteiger partial charge is 0.229 e. The highest BCUT2D eigenvalue weighted by Crippen LogP contribution is 2.24. The first-order valence-electron chi connectivity index (χ1n) is 10.0. The second-order valence-corrected chi connectivity index (χ2v) is 7.21. The number of nitriles is 1. The molecule has 0 unspecified atom stereocenters. The molecule has 0 amide bonds. The lowest BCUT2D eigenvalue weighted by molar-refractivity contribution is 0.571. The van der Waals surface area contributed by atoms with E-state index < -0.39 is 0 Å². The zero-order valence-electron chi connectivity index (χ0n) is 16.7. The highest BCUT2D eigenvalue weighted by Gasteiger charge is 2.23. The Hall–Kier alpha value is -2.85. The van der Waals surface area contributed by atoms with E-state index in [1.54, 1.807) is 18.2 Å². The average molecular weight is 380 g/mol. The molecule has 2 aromatic rings. The Kier molecular flexibility index (Phi) is 6.66. The van der Waals surface area contributed by atoms with Gasteiger partial charge in [-0.3, -0.25) is 0 Å². The maximum Gasteiger partial charge on any atom is 0.229 e. The fraction of sp³-hybridized carbons (Fsp3) is 0.476. The van der Waals surface area contributed by atoms with E-state index in [0.29, 0.717) is 23.2 Å². The van der Waals surface area contributed by atoms with Crippen LogP contribution < -0.4 is 21.3 Å². The fourth-order valence-corrected chi connectivity index (χ4v) is 3.53. The molecule has 3 rings (SSSR count). The van der Waals surface area contributed by atoms with Crippen molar-refractivity contribution in [3.05, 3.63) is 35.5 Å². The Bertz CT molecular complexity index is 843. The molecule has 1 fully saturated rings. The molecule has 7 heteroatoms. The van der Waals surface area contributed by atoms with E-state index in [-0.39, 0.29) is 0 Å².